The lowest BCUT2D eigenvalue weighted by Crippen LogP contribution is -2.51. The summed E-state index contributed by atoms with van der Waals surface area (Å²) in [4.78, 5) is 32.7. The molecule has 0 aliphatic carbocycles. The smallest absolute Gasteiger partial charge is 0.424 e. The lowest BCUT2D eigenvalue weighted by atomic mass is 9.93. The summed E-state index contributed by atoms with van der Waals surface area (Å²) in [6, 6.07) is 7.61. The third kappa shape index (κ3) is 5.90. The molecule has 0 aliphatic heterocycles. The second-order valence-electron chi connectivity index (χ2n) is 9.05. The van der Waals surface area contributed by atoms with Gasteiger partial charge in [-0.2, -0.15) is 18.2 Å². The fraction of sp³-hybridized carbons (Fsp3) is 0.259. The number of alkyl halides is 3. The van der Waals surface area contributed by atoms with Gasteiger partial charge in [0.05, 0.1) is 32.4 Å². The maximum absolute atomic E-state index is 14.5. The van der Waals surface area contributed by atoms with Gasteiger partial charge in [0.15, 0.2) is 11.3 Å². The summed E-state index contributed by atoms with van der Waals surface area (Å²) in [7, 11) is 1.28. The lowest BCUT2D eigenvalue weighted by molar-refractivity contribution is -0.265. The SMILES string of the molecule is CCOc1c(CC(N)=O)cc([C@@](O)(CNC(=O)c2cc(OC)c3oc(N)nc3c2)C(F)(F)F)nc1-c1ccc(F)cc1. The molecule has 2 aromatic carbocycles. The standard InChI is InChI=1S/C27H25F4N5O6/c1-3-41-22-14(11-20(32)37)10-19(36-21(22)13-4-6-16(28)7-5-13)26(39,27(29,30)31)12-34-24(38)15-8-17-23(18(9-15)40-2)42-25(33)35-17/h4-10,39H,3,11-12H2,1-2H3,(H2,32,37)(H2,33,35)(H,34,38)/t26-/m0/s1. The summed E-state index contributed by atoms with van der Waals surface area (Å²) in [5.74, 6) is -2.59. The van der Waals surface area contributed by atoms with E-state index < -0.39 is 48.1 Å². The predicted molar refractivity (Wildman–Crippen MR) is 141 cm³/mol. The van der Waals surface area contributed by atoms with Crippen LogP contribution in [0.1, 0.15) is 28.5 Å². The van der Waals surface area contributed by atoms with Gasteiger partial charge in [-0.05, 0) is 49.4 Å². The highest BCUT2D eigenvalue weighted by molar-refractivity contribution is 5.99. The molecule has 0 saturated heterocycles. The molecular formula is C27H25F4N5O6. The van der Waals surface area contributed by atoms with E-state index in [0.29, 0.717) is 0 Å². The van der Waals surface area contributed by atoms with Gasteiger partial charge in [-0.3, -0.25) is 9.59 Å². The molecule has 0 aliphatic rings. The minimum Gasteiger partial charge on any atom is -0.493 e. The van der Waals surface area contributed by atoms with Gasteiger partial charge >= 0.3 is 6.18 Å². The van der Waals surface area contributed by atoms with Crippen molar-refractivity contribution in [3.05, 3.63) is 65.1 Å². The molecule has 0 fully saturated rings. The minimum atomic E-state index is -5.38. The summed E-state index contributed by atoms with van der Waals surface area (Å²) in [5, 5.41) is 13.2. The number of carbonyl (C=O) groups is 2. The Hall–Kier alpha value is -4.92. The summed E-state index contributed by atoms with van der Waals surface area (Å²) >= 11 is 0. The van der Waals surface area contributed by atoms with E-state index >= 15 is 0 Å². The number of pyridine rings is 1. The molecule has 11 nitrogen and oxygen atoms in total. The van der Waals surface area contributed by atoms with Crippen LogP contribution in [0.3, 0.4) is 0 Å². The molecule has 6 N–H and O–H groups in total. The zero-order chi connectivity index (χ0) is 30.8. The van der Waals surface area contributed by atoms with Crippen LogP contribution < -0.4 is 26.3 Å². The summed E-state index contributed by atoms with van der Waals surface area (Å²) in [6.07, 6.45) is -5.95. The number of fused-ring (bicyclic) bond motifs is 1. The first-order valence-corrected chi connectivity index (χ1v) is 12.3. The van der Waals surface area contributed by atoms with Crippen LogP contribution in [-0.2, 0) is 16.8 Å². The van der Waals surface area contributed by atoms with E-state index in [1.54, 1.807) is 6.92 Å². The third-order valence-corrected chi connectivity index (χ3v) is 6.17. The number of hydrogen-bond acceptors (Lipinski definition) is 9. The predicted octanol–water partition coefficient (Wildman–Crippen LogP) is 3.23. The van der Waals surface area contributed by atoms with Crippen molar-refractivity contribution in [2.24, 2.45) is 5.73 Å². The van der Waals surface area contributed by atoms with Crippen molar-refractivity contribution in [3.8, 4) is 22.8 Å². The summed E-state index contributed by atoms with van der Waals surface area (Å²) < 4.78 is 73.2. The van der Waals surface area contributed by atoms with E-state index in [0.717, 1.165) is 18.2 Å². The Balaban J connectivity index is 1.80. The summed E-state index contributed by atoms with van der Waals surface area (Å²) in [5.41, 5.74) is 6.02. The second kappa shape index (κ2) is 11.5. The number of amides is 2. The van der Waals surface area contributed by atoms with Crippen LogP contribution in [0.25, 0.3) is 22.4 Å². The van der Waals surface area contributed by atoms with Gasteiger partial charge in [-0.25, -0.2) is 9.37 Å². The number of benzene rings is 2. The van der Waals surface area contributed by atoms with Gasteiger partial charge in [0.1, 0.15) is 22.8 Å². The average Bonchev–Trinajstić information content (AvgIpc) is 3.31. The highest BCUT2D eigenvalue weighted by Gasteiger charge is 2.56. The lowest BCUT2D eigenvalue weighted by Gasteiger charge is -2.31. The number of primary amides is 1. The van der Waals surface area contributed by atoms with Crippen LogP contribution >= 0.6 is 0 Å². The van der Waals surface area contributed by atoms with Crippen molar-refractivity contribution in [1.82, 2.24) is 15.3 Å². The quantitative estimate of drug-likeness (QED) is 0.202. The van der Waals surface area contributed by atoms with Gasteiger partial charge in [0.25, 0.3) is 11.9 Å². The number of aliphatic hydroxyl groups is 1. The van der Waals surface area contributed by atoms with Crippen molar-refractivity contribution in [3.63, 3.8) is 0 Å². The molecule has 0 bridgehead atoms. The Kier molecular flexibility index (Phi) is 8.24. The number of carbonyl (C=O) groups excluding carboxylic acids is 2. The van der Waals surface area contributed by atoms with Gasteiger partial charge in [-0.15, -0.1) is 0 Å². The van der Waals surface area contributed by atoms with E-state index in [2.05, 4.69) is 15.3 Å². The topological polar surface area (TPSA) is 176 Å². The fourth-order valence-electron chi connectivity index (χ4n) is 4.17. The highest BCUT2D eigenvalue weighted by Crippen LogP contribution is 2.42. The molecule has 4 aromatic rings. The van der Waals surface area contributed by atoms with Crippen LogP contribution in [0.5, 0.6) is 11.5 Å². The van der Waals surface area contributed by atoms with Gasteiger partial charge in [-0.1, -0.05) is 0 Å². The van der Waals surface area contributed by atoms with Crippen LogP contribution in [-0.4, -0.2) is 53.3 Å². The first kappa shape index (κ1) is 30.0. The van der Waals surface area contributed by atoms with Crippen molar-refractivity contribution >= 4 is 28.9 Å². The Morgan fingerprint density at radius 2 is 1.81 bits per heavy atom. The number of aromatic nitrogens is 2. The average molecular weight is 592 g/mol. The Morgan fingerprint density at radius 1 is 1.12 bits per heavy atom. The zero-order valence-corrected chi connectivity index (χ0v) is 22.2. The molecule has 0 spiro atoms. The van der Waals surface area contributed by atoms with Gasteiger partial charge < -0.3 is 35.8 Å². The fourth-order valence-corrected chi connectivity index (χ4v) is 4.17. The number of hydrogen-bond donors (Lipinski definition) is 4. The number of nitrogens with one attached hydrogen (secondary N) is 1. The van der Waals surface area contributed by atoms with E-state index in [-0.39, 0.29) is 57.6 Å². The highest BCUT2D eigenvalue weighted by atomic mass is 19.4. The van der Waals surface area contributed by atoms with Crippen molar-refractivity contribution < 1.29 is 46.1 Å². The molecule has 0 saturated carbocycles. The summed E-state index contributed by atoms with van der Waals surface area (Å²) in [6.45, 7) is 0.236. The number of nitrogen functional groups attached to an aromatic ring is 1. The van der Waals surface area contributed by atoms with Crippen molar-refractivity contribution in [2.45, 2.75) is 25.1 Å². The molecule has 2 amide bonds. The monoisotopic (exact) mass is 591 g/mol. The van der Waals surface area contributed by atoms with E-state index in [1.807, 2.05) is 0 Å². The molecule has 0 radical (unpaired) electrons. The number of rotatable bonds is 10. The minimum absolute atomic E-state index is 0.0333. The Labute approximate surface area is 235 Å². The van der Waals surface area contributed by atoms with E-state index in [1.165, 1.54) is 31.4 Å². The van der Waals surface area contributed by atoms with E-state index in [4.69, 9.17) is 25.4 Å². The van der Waals surface area contributed by atoms with Crippen LogP contribution in [0.4, 0.5) is 23.6 Å². The molecule has 2 aromatic heterocycles. The normalized spacial score (nSPS) is 13.0. The zero-order valence-electron chi connectivity index (χ0n) is 22.2. The molecular weight excluding hydrogens is 566 g/mol. The first-order valence-electron chi connectivity index (χ1n) is 12.3. The third-order valence-electron chi connectivity index (χ3n) is 6.17. The van der Waals surface area contributed by atoms with E-state index in [9.17, 15) is 32.3 Å². The van der Waals surface area contributed by atoms with Gasteiger partial charge in [0, 0.05) is 16.7 Å². The molecule has 4 rings (SSSR count). The molecule has 0 unspecified atom stereocenters. The molecule has 1 atom stereocenters. The second-order valence-corrected chi connectivity index (χ2v) is 9.05. The largest absolute Gasteiger partial charge is 0.493 e. The number of oxazole rings is 1. The molecule has 2 heterocycles. The van der Waals surface area contributed by atoms with Gasteiger partial charge in [0.2, 0.25) is 11.5 Å². The molecule has 222 valence electrons. The number of ether oxygens (including phenoxy) is 2. The molecule has 42 heavy (non-hydrogen) atoms. The number of methoxy groups -OCH3 is 1. The number of nitrogens with zero attached hydrogens (tertiary/aromatic N) is 2. The number of halogens is 4. The first-order chi connectivity index (χ1) is 19.8. The Morgan fingerprint density at radius 3 is 2.40 bits per heavy atom. The molecule has 15 heteroatoms. The maximum atomic E-state index is 14.5. The van der Waals surface area contributed by atoms with Crippen molar-refractivity contribution in [2.75, 3.05) is 26.0 Å². The van der Waals surface area contributed by atoms with Crippen LogP contribution in [0.15, 0.2) is 46.9 Å². The number of nitrogens with two attached hydrogens (primary N) is 2. The van der Waals surface area contributed by atoms with Crippen molar-refractivity contribution in [1.29, 1.82) is 0 Å². The van der Waals surface area contributed by atoms with Crippen LogP contribution in [0.2, 0.25) is 0 Å². The maximum Gasteiger partial charge on any atom is 0.424 e. The van der Waals surface area contributed by atoms with Crippen LogP contribution in [0, 0.1) is 5.82 Å². The number of anilines is 1. The Bertz CT molecular complexity index is 1640.